The van der Waals surface area contributed by atoms with Gasteiger partial charge in [0.1, 0.15) is 24.0 Å². The van der Waals surface area contributed by atoms with Crippen molar-refractivity contribution in [3.63, 3.8) is 0 Å². The molecule has 29 heavy (non-hydrogen) atoms. The number of aldehydes is 1. The van der Waals surface area contributed by atoms with Gasteiger partial charge >= 0.3 is 6.09 Å². The van der Waals surface area contributed by atoms with Crippen LogP contribution in [0.4, 0.5) is 4.79 Å². The average Bonchev–Trinajstić information content (AvgIpc) is 2.77. The van der Waals surface area contributed by atoms with Crippen LogP contribution in [-0.2, 0) is 19.1 Å². The minimum Gasteiger partial charge on any atom is -0.444 e. The van der Waals surface area contributed by atoms with Crippen LogP contribution in [0.25, 0.3) is 0 Å². The second-order valence-electron chi connectivity index (χ2n) is 9.46. The lowest BCUT2D eigenvalue weighted by molar-refractivity contribution is -0.140. The van der Waals surface area contributed by atoms with E-state index >= 15 is 0 Å². The molecule has 4 atom stereocenters. The molecule has 3 amide bonds. The van der Waals surface area contributed by atoms with Crippen LogP contribution in [0, 0.1) is 5.41 Å². The zero-order valence-corrected chi connectivity index (χ0v) is 19.2. The van der Waals surface area contributed by atoms with Crippen molar-refractivity contribution in [3.05, 3.63) is 0 Å². The Morgan fingerprint density at radius 3 is 2.55 bits per heavy atom. The molecular weight excluding hydrogens is 394 g/mol. The van der Waals surface area contributed by atoms with Gasteiger partial charge in [-0.15, -0.1) is 11.8 Å². The van der Waals surface area contributed by atoms with E-state index in [9.17, 15) is 19.2 Å². The van der Waals surface area contributed by atoms with Crippen molar-refractivity contribution in [2.45, 2.75) is 83.5 Å². The van der Waals surface area contributed by atoms with Gasteiger partial charge in [-0.3, -0.25) is 14.5 Å². The Balaban J connectivity index is 2.09. The molecule has 0 aromatic rings. The maximum absolute atomic E-state index is 13.2. The molecule has 0 bridgehead atoms. The molecule has 2 rings (SSSR count). The Bertz CT molecular complexity index is 676. The highest BCUT2D eigenvalue weighted by atomic mass is 32.2. The molecule has 2 aliphatic rings. The zero-order valence-electron chi connectivity index (χ0n) is 18.4. The molecule has 9 heteroatoms. The highest BCUT2D eigenvalue weighted by Gasteiger charge is 2.51. The fourth-order valence-electron chi connectivity index (χ4n) is 3.61. The number of ether oxygens (including phenoxy) is 1. The SMILES string of the molecule is C[C@@H](C(=O)N[C@H]1CCS[C@H]2CC(C)(C)[C@@H](C=O)N2C1=O)N(C)C(=O)OC(C)(C)C. The lowest BCUT2D eigenvalue weighted by Gasteiger charge is -2.32. The van der Waals surface area contributed by atoms with E-state index in [2.05, 4.69) is 5.32 Å². The van der Waals surface area contributed by atoms with Crippen LogP contribution >= 0.6 is 11.8 Å². The largest absolute Gasteiger partial charge is 0.444 e. The van der Waals surface area contributed by atoms with Crippen molar-refractivity contribution in [2.24, 2.45) is 5.41 Å². The highest BCUT2D eigenvalue weighted by molar-refractivity contribution is 7.99. The third-order valence-corrected chi connectivity index (χ3v) is 6.72. The number of hydrogen-bond acceptors (Lipinski definition) is 6. The van der Waals surface area contributed by atoms with Crippen molar-refractivity contribution < 1.29 is 23.9 Å². The molecule has 2 aliphatic heterocycles. The van der Waals surface area contributed by atoms with Gasteiger partial charge in [0, 0.05) is 7.05 Å². The third-order valence-electron chi connectivity index (χ3n) is 5.47. The molecular formula is C20H33N3O5S. The molecule has 0 aromatic heterocycles. The van der Waals surface area contributed by atoms with Crippen molar-refractivity contribution in [3.8, 4) is 0 Å². The monoisotopic (exact) mass is 427 g/mol. The van der Waals surface area contributed by atoms with Crippen molar-refractivity contribution in [2.75, 3.05) is 12.8 Å². The first kappa shape index (κ1) is 23.5. The van der Waals surface area contributed by atoms with Gasteiger partial charge in [-0.1, -0.05) is 13.8 Å². The number of carbonyl (C=O) groups excluding carboxylic acids is 4. The molecule has 2 heterocycles. The van der Waals surface area contributed by atoms with Gasteiger partial charge < -0.3 is 19.7 Å². The number of rotatable bonds is 4. The van der Waals surface area contributed by atoms with Crippen LogP contribution in [0.1, 0.15) is 54.4 Å². The highest BCUT2D eigenvalue weighted by Crippen LogP contribution is 2.45. The van der Waals surface area contributed by atoms with Crippen molar-refractivity contribution in [1.82, 2.24) is 15.1 Å². The Morgan fingerprint density at radius 1 is 1.38 bits per heavy atom. The number of hydrogen-bond donors (Lipinski definition) is 1. The molecule has 0 aliphatic carbocycles. The average molecular weight is 428 g/mol. The molecule has 164 valence electrons. The topological polar surface area (TPSA) is 96.0 Å². The predicted octanol–water partition coefficient (Wildman–Crippen LogP) is 2.02. The van der Waals surface area contributed by atoms with E-state index in [0.717, 1.165) is 12.7 Å². The Hall–Kier alpha value is -1.77. The molecule has 0 spiro atoms. The summed E-state index contributed by atoms with van der Waals surface area (Å²) in [7, 11) is 1.49. The maximum atomic E-state index is 13.2. The molecule has 0 aromatic carbocycles. The molecule has 1 N–H and O–H groups in total. The first-order valence-electron chi connectivity index (χ1n) is 9.94. The molecule has 0 radical (unpaired) electrons. The van der Waals surface area contributed by atoms with Crippen LogP contribution in [0.15, 0.2) is 0 Å². The Labute approximate surface area is 177 Å². The molecule has 2 saturated heterocycles. The second kappa shape index (κ2) is 8.53. The number of likely N-dealkylation sites (N-methyl/N-ethyl adjacent to an activating group) is 1. The Kier molecular flexibility index (Phi) is 6.92. The van der Waals surface area contributed by atoms with E-state index in [1.165, 1.54) is 11.9 Å². The fraction of sp³-hybridized carbons (Fsp3) is 0.800. The van der Waals surface area contributed by atoms with E-state index in [1.54, 1.807) is 44.4 Å². The summed E-state index contributed by atoms with van der Waals surface area (Å²) in [4.78, 5) is 52.7. The summed E-state index contributed by atoms with van der Waals surface area (Å²) in [6, 6.07) is -2.03. The molecule has 8 nitrogen and oxygen atoms in total. The molecule has 2 fully saturated rings. The van der Waals surface area contributed by atoms with Crippen LogP contribution in [-0.4, -0.2) is 75.9 Å². The Morgan fingerprint density at radius 2 is 2.00 bits per heavy atom. The summed E-state index contributed by atoms with van der Waals surface area (Å²) in [5.41, 5.74) is -0.970. The number of nitrogens with one attached hydrogen (secondary N) is 1. The number of nitrogens with zero attached hydrogens (tertiary/aromatic N) is 2. The second-order valence-corrected chi connectivity index (χ2v) is 10.7. The standard InChI is InChI=1S/C20H33N3O5S/c1-12(22(7)18(27)28-19(2,3)4)16(25)21-13-8-9-29-15-10-20(5,6)14(11-24)23(15)17(13)26/h11-15H,8-10H2,1-7H3,(H,21,25)/t12-,13-,14+,15-/m0/s1. The fourth-order valence-corrected chi connectivity index (χ4v) is 5.20. The van der Waals surface area contributed by atoms with Crippen molar-refractivity contribution in [1.29, 1.82) is 0 Å². The van der Waals surface area contributed by atoms with Crippen LogP contribution in [0.2, 0.25) is 0 Å². The normalized spacial score (nSPS) is 27.5. The summed E-state index contributed by atoms with van der Waals surface area (Å²) in [6.45, 7) is 10.8. The predicted molar refractivity (Wildman–Crippen MR) is 111 cm³/mol. The zero-order chi connectivity index (χ0) is 22.1. The smallest absolute Gasteiger partial charge is 0.410 e. The summed E-state index contributed by atoms with van der Waals surface area (Å²) in [5, 5.41) is 2.72. The quantitative estimate of drug-likeness (QED) is 0.690. The van der Waals surface area contributed by atoms with Gasteiger partial charge in [0.05, 0.1) is 11.4 Å². The lowest BCUT2D eigenvalue weighted by atomic mass is 9.85. The van der Waals surface area contributed by atoms with E-state index in [0.29, 0.717) is 12.2 Å². The van der Waals surface area contributed by atoms with Gasteiger partial charge in [0.2, 0.25) is 11.8 Å². The molecule has 0 saturated carbocycles. The van der Waals surface area contributed by atoms with Crippen molar-refractivity contribution >= 4 is 36.0 Å². The minimum absolute atomic E-state index is 0.0588. The minimum atomic E-state index is -0.804. The van der Waals surface area contributed by atoms with Gasteiger partial charge in [0.15, 0.2) is 0 Å². The van der Waals surface area contributed by atoms with Gasteiger partial charge in [-0.05, 0) is 51.7 Å². The lowest BCUT2D eigenvalue weighted by Crippen LogP contribution is -2.56. The first-order chi connectivity index (χ1) is 13.3. The van der Waals surface area contributed by atoms with Gasteiger partial charge in [-0.2, -0.15) is 0 Å². The van der Waals surface area contributed by atoms with Crippen LogP contribution < -0.4 is 5.32 Å². The summed E-state index contributed by atoms with van der Waals surface area (Å²) in [5.74, 6) is 0.0416. The number of carbonyl (C=O) groups is 4. The van der Waals surface area contributed by atoms with E-state index in [1.807, 2.05) is 13.8 Å². The van der Waals surface area contributed by atoms with Gasteiger partial charge in [0.25, 0.3) is 0 Å². The number of fused-ring (bicyclic) bond motifs is 1. The summed E-state index contributed by atoms with van der Waals surface area (Å²) >= 11 is 1.65. The van der Waals surface area contributed by atoms with E-state index in [-0.39, 0.29) is 16.7 Å². The van der Waals surface area contributed by atoms with Crippen LogP contribution in [0.3, 0.4) is 0 Å². The third kappa shape index (κ3) is 5.24. The van der Waals surface area contributed by atoms with E-state index < -0.39 is 35.7 Å². The number of thioether (sulfide) groups is 1. The van der Waals surface area contributed by atoms with Crippen LogP contribution in [0.5, 0.6) is 0 Å². The molecule has 0 unspecified atom stereocenters. The van der Waals surface area contributed by atoms with Gasteiger partial charge in [-0.25, -0.2) is 4.79 Å². The first-order valence-corrected chi connectivity index (χ1v) is 11.0. The van der Waals surface area contributed by atoms with E-state index in [4.69, 9.17) is 4.74 Å². The summed E-state index contributed by atoms with van der Waals surface area (Å²) in [6.07, 6.45) is 1.45. The number of amides is 3. The summed E-state index contributed by atoms with van der Waals surface area (Å²) < 4.78 is 5.30. The maximum Gasteiger partial charge on any atom is 0.410 e.